The Labute approximate surface area is 139 Å². The van der Waals surface area contributed by atoms with E-state index in [0.29, 0.717) is 5.75 Å². The summed E-state index contributed by atoms with van der Waals surface area (Å²) in [5.41, 5.74) is 0.760. The molecule has 122 valence electrons. The van der Waals surface area contributed by atoms with E-state index < -0.39 is 6.10 Å². The van der Waals surface area contributed by atoms with Crippen LogP contribution in [0.1, 0.15) is 33.3 Å². The molecule has 0 aromatic heterocycles. The zero-order chi connectivity index (χ0) is 15.9. The molecule has 0 bridgehead atoms. The summed E-state index contributed by atoms with van der Waals surface area (Å²) in [6.07, 6.45) is 2.48. The monoisotopic (exact) mass is 324 g/mol. The SMILES string of the molecule is CC(NC(C)(C)C)C(O)COc1ccccc1/C=C/C#N.Cl. The van der Waals surface area contributed by atoms with Crippen LogP contribution in [0, 0.1) is 11.3 Å². The number of rotatable bonds is 6. The third-order valence-corrected chi connectivity index (χ3v) is 2.90. The molecule has 5 heteroatoms. The summed E-state index contributed by atoms with van der Waals surface area (Å²) >= 11 is 0. The van der Waals surface area contributed by atoms with Gasteiger partial charge in [0.15, 0.2) is 0 Å². The molecule has 0 aliphatic heterocycles. The first-order valence-corrected chi connectivity index (χ1v) is 7.07. The third kappa shape index (κ3) is 7.46. The Morgan fingerprint density at radius 2 is 2.00 bits per heavy atom. The Kier molecular flexibility index (Phi) is 8.81. The molecule has 1 aromatic rings. The van der Waals surface area contributed by atoms with Crippen molar-refractivity contribution >= 4 is 18.5 Å². The van der Waals surface area contributed by atoms with Crippen LogP contribution in [0.15, 0.2) is 30.3 Å². The van der Waals surface area contributed by atoms with Gasteiger partial charge in [-0.15, -0.1) is 12.4 Å². The molecule has 0 fully saturated rings. The minimum absolute atomic E-state index is 0. The first-order valence-electron chi connectivity index (χ1n) is 7.07. The molecule has 22 heavy (non-hydrogen) atoms. The number of benzene rings is 1. The average molecular weight is 325 g/mol. The summed E-state index contributed by atoms with van der Waals surface area (Å²) in [6.45, 7) is 8.29. The lowest BCUT2D eigenvalue weighted by Crippen LogP contribution is -2.49. The third-order valence-electron chi connectivity index (χ3n) is 2.90. The van der Waals surface area contributed by atoms with Crippen LogP contribution in [0.2, 0.25) is 0 Å². The zero-order valence-electron chi connectivity index (χ0n) is 13.5. The van der Waals surface area contributed by atoms with Crippen molar-refractivity contribution in [2.75, 3.05) is 6.61 Å². The number of aliphatic hydroxyl groups excluding tert-OH is 1. The van der Waals surface area contributed by atoms with Gasteiger partial charge in [0.05, 0.1) is 6.07 Å². The molecule has 0 saturated carbocycles. The van der Waals surface area contributed by atoms with Crippen LogP contribution in [0.25, 0.3) is 6.08 Å². The van der Waals surface area contributed by atoms with Crippen molar-refractivity contribution in [3.63, 3.8) is 0 Å². The first kappa shape index (κ1) is 20.5. The van der Waals surface area contributed by atoms with Crippen molar-refractivity contribution in [3.8, 4) is 11.8 Å². The summed E-state index contributed by atoms with van der Waals surface area (Å²) in [5.74, 6) is 0.658. The molecular formula is C17H25ClN2O2. The van der Waals surface area contributed by atoms with Gasteiger partial charge in [-0.3, -0.25) is 0 Å². The van der Waals surface area contributed by atoms with E-state index in [4.69, 9.17) is 10.00 Å². The fourth-order valence-corrected chi connectivity index (χ4v) is 1.98. The Morgan fingerprint density at radius 1 is 1.36 bits per heavy atom. The highest BCUT2D eigenvalue weighted by Gasteiger charge is 2.20. The van der Waals surface area contributed by atoms with Gasteiger partial charge >= 0.3 is 0 Å². The van der Waals surface area contributed by atoms with Gasteiger partial charge in [-0.2, -0.15) is 5.26 Å². The van der Waals surface area contributed by atoms with Crippen LogP contribution in [-0.4, -0.2) is 29.4 Å². The van der Waals surface area contributed by atoms with Gasteiger partial charge < -0.3 is 15.2 Å². The molecule has 2 N–H and O–H groups in total. The quantitative estimate of drug-likeness (QED) is 0.789. The van der Waals surface area contributed by atoms with E-state index in [9.17, 15) is 5.11 Å². The standard InChI is InChI=1S/C17H24N2O2.ClH/c1-13(19-17(2,3)4)15(20)12-21-16-10-6-5-8-14(16)9-7-11-18;/h5-10,13,15,19-20H,12H2,1-4H3;1H/b9-7+;. The van der Waals surface area contributed by atoms with Crippen LogP contribution in [0.3, 0.4) is 0 Å². The second-order valence-electron chi connectivity index (χ2n) is 6.06. The van der Waals surface area contributed by atoms with Crippen molar-refractivity contribution in [1.29, 1.82) is 5.26 Å². The smallest absolute Gasteiger partial charge is 0.126 e. The molecular weight excluding hydrogens is 300 g/mol. The fourth-order valence-electron chi connectivity index (χ4n) is 1.98. The second-order valence-corrected chi connectivity index (χ2v) is 6.06. The van der Waals surface area contributed by atoms with E-state index in [-0.39, 0.29) is 30.6 Å². The summed E-state index contributed by atoms with van der Waals surface area (Å²) in [6, 6.07) is 9.31. The van der Waals surface area contributed by atoms with Crippen LogP contribution < -0.4 is 10.1 Å². The molecule has 0 amide bonds. The molecule has 2 atom stereocenters. The van der Waals surface area contributed by atoms with E-state index in [1.54, 1.807) is 6.08 Å². The maximum atomic E-state index is 10.2. The molecule has 0 spiro atoms. The maximum Gasteiger partial charge on any atom is 0.126 e. The van der Waals surface area contributed by atoms with Crippen LogP contribution in [0.4, 0.5) is 0 Å². The predicted molar refractivity (Wildman–Crippen MR) is 92.2 cm³/mol. The van der Waals surface area contributed by atoms with Crippen molar-refractivity contribution in [1.82, 2.24) is 5.32 Å². The van der Waals surface area contributed by atoms with Crippen molar-refractivity contribution < 1.29 is 9.84 Å². The highest BCUT2D eigenvalue weighted by Crippen LogP contribution is 2.19. The number of allylic oxidation sites excluding steroid dienone is 1. The van der Waals surface area contributed by atoms with E-state index >= 15 is 0 Å². The highest BCUT2D eigenvalue weighted by molar-refractivity contribution is 5.85. The minimum atomic E-state index is -0.614. The Morgan fingerprint density at radius 3 is 2.59 bits per heavy atom. The predicted octanol–water partition coefficient (Wildman–Crippen LogP) is 3.16. The van der Waals surface area contributed by atoms with Gasteiger partial charge in [0, 0.05) is 23.2 Å². The fraction of sp³-hybridized carbons (Fsp3) is 0.471. The number of nitrogens with zero attached hydrogens (tertiary/aromatic N) is 1. The van der Waals surface area contributed by atoms with Crippen molar-refractivity contribution in [2.24, 2.45) is 0 Å². The number of nitriles is 1. The van der Waals surface area contributed by atoms with Crippen molar-refractivity contribution in [2.45, 2.75) is 45.4 Å². The topological polar surface area (TPSA) is 65.3 Å². The normalized spacial score (nSPS) is 14.0. The molecule has 0 aliphatic rings. The summed E-state index contributed by atoms with van der Waals surface area (Å²) in [4.78, 5) is 0. The number of hydrogen-bond donors (Lipinski definition) is 2. The Balaban J connectivity index is 0.00000441. The number of aliphatic hydroxyl groups is 1. The van der Waals surface area contributed by atoms with Crippen LogP contribution in [-0.2, 0) is 0 Å². The molecule has 0 radical (unpaired) electrons. The van der Waals surface area contributed by atoms with Gasteiger partial charge in [-0.1, -0.05) is 18.2 Å². The van der Waals surface area contributed by atoms with E-state index in [0.717, 1.165) is 5.56 Å². The summed E-state index contributed by atoms with van der Waals surface area (Å²) < 4.78 is 5.68. The summed E-state index contributed by atoms with van der Waals surface area (Å²) in [5, 5.41) is 22.1. The van der Waals surface area contributed by atoms with Crippen LogP contribution >= 0.6 is 12.4 Å². The van der Waals surface area contributed by atoms with Gasteiger partial charge in [0.25, 0.3) is 0 Å². The largest absolute Gasteiger partial charge is 0.490 e. The van der Waals surface area contributed by atoms with Crippen molar-refractivity contribution in [3.05, 3.63) is 35.9 Å². The first-order chi connectivity index (χ1) is 9.83. The Bertz CT molecular complexity index is 518. The van der Waals surface area contributed by atoms with E-state index in [1.807, 2.05) is 37.3 Å². The molecule has 1 rings (SSSR count). The number of hydrogen-bond acceptors (Lipinski definition) is 4. The maximum absolute atomic E-state index is 10.2. The lowest BCUT2D eigenvalue weighted by molar-refractivity contribution is 0.0698. The van der Waals surface area contributed by atoms with Gasteiger partial charge in [-0.25, -0.2) is 0 Å². The number of halogens is 1. The second kappa shape index (κ2) is 9.47. The Hall–Kier alpha value is -1.54. The molecule has 1 aromatic carbocycles. The number of ether oxygens (including phenoxy) is 1. The molecule has 0 saturated heterocycles. The zero-order valence-corrected chi connectivity index (χ0v) is 14.4. The minimum Gasteiger partial charge on any atom is -0.490 e. The highest BCUT2D eigenvalue weighted by atomic mass is 35.5. The average Bonchev–Trinajstić information content (AvgIpc) is 2.41. The molecule has 0 aliphatic carbocycles. The van der Waals surface area contributed by atoms with Crippen LogP contribution in [0.5, 0.6) is 5.75 Å². The molecule has 4 nitrogen and oxygen atoms in total. The summed E-state index contributed by atoms with van der Waals surface area (Å²) in [7, 11) is 0. The van der Waals surface area contributed by atoms with Gasteiger partial charge in [0.1, 0.15) is 18.5 Å². The van der Waals surface area contributed by atoms with Gasteiger partial charge in [-0.05, 0) is 39.8 Å². The lowest BCUT2D eigenvalue weighted by atomic mass is 10.1. The number of nitrogens with one attached hydrogen (secondary N) is 1. The van der Waals surface area contributed by atoms with E-state index in [2.05, 4.69) is 26.1 Å². The van der Waals surface area contributed by atoms with Gasteiger partial charge in [0.2, 0.25) is 0 Å². The number of para-hydroxylation sites is 1. The molecule has 0 heterocycles. The lowest BCUT2D eigenvalue weighted by Gasteiger charge is -2.29. The van der Waals surface area contributed by atoms with E-state index in [1.165, 1.54) is 6.08 Å². The molecule has 2 unspecified atom stereocenters.